The minimum Gasteiger partial charge on any atom is -0.354 e. The molecule has 0 fully saturated rings. The summed E-state index contributed by atoms with van der Waals surface area (Å²) in [5.41, 5.74) is 4.84. The predicted octanol–water partition coefficient (Wildman–Crippen LogP) is 1.08. The fourth-order valence-corrected chi connectivity index (χ4v) is 0.931. The Morgan fingerprint density at radius 3 is 2.44 bits per heavy atom. The lowest BCUT2D eigenvalue weighted by Crippen LogP contribution is -2.47. The number of hydrogen-bond acceptors (Lipinski definition) is 0. The van der Waals surface area contributed by atoms with E-state index < -0.39 is 0 Å². The van der Waals surface area contributed by atoms with E-state index in [1.165, 1.54) is 0 Å². The third-order valence-electron chi connectivity index (χ3n) is 1.23. The molecule has 48 valence electrons. The largest absolute Gasteiger partial charge is 0.354 e. The molecule has 1 nitrogen and oxygen atoms in total. The molecule has 0 aliphatic heterocycles. The molecule has 0 atom stereocenters. The fraction of sp³-hybridized carbons (Fsp3) is 0.143. The monoisotopic (exact) mass is 142 g/mol. The van der Waals surface area contributed by atoms with Crippen molar-refractivity contribution in [2.24, 2.45) is 0 Å². The number of benzene rings is 1. The van der Waals surface area contributed by atoms with Gasteiger partial charge >= 0.3 is 0 Å². The van der Waals surface area contributed by atoms with Crippen LogP contribution < -0.4 is 5.73 Å². The van der Waals surface area contributed by atoms with Crippen molar-refractivity contribution >= 4 is 11.6 Å². The summed E-state index contributed by atoms with van der Waals surface area (Å²) in [5.74, 6) is 0. The Balaban J connectivity index is 3.01. The van der Waals surface area contributed by atoms with E-state index >= 15 is 0 Å². The van der Waals surface area contributed by atoms with Crippen LogP contribution in [0.1, 0.15) is 5.56 Å². The van der Waals surface area contributed by atoms with Crippen LogP contribution in [0.25, 0.3) is 0 Å². The minimum absolute atomic E-state index is 0.764. The van der Waals surface area contributed by atoms with Crippen molar-refractivity contribution in [1.29, 1.82) is 0 Å². The van der Waals surface area contributed by atoms with Gasteiger partial charge in [0.25, 0.3) is 0 Å². The highest BCUT2D eigenvalue weighted by Gasteiger charge is 1.94. The van der Waals surface area contributed by atoms with Gasteiger partial charge in [0.2, 0.25) is 0 Å². The molecular formula is C7H9ClN+. The van der Waals surface area contributed by atoms with Gasteiger partial charge < -0.3 is 5.73 Å². The molecule has 0 bridgehead atoms. The Morgan fingerprint density at radius 1 is 1.33 bits per heavy atom. The third kappa shape index (κ3) is 1.44. The van der Waals surface area contributed by atoms with E-state index in [2.05, 4.69) is 5.73 Å². The van der Waals surface area contributed by atoms with Crippen LogP contribution in [-0.4, -0.2) is 0 Å². The maximum Gasteiger partial charge on any atom is 0.101 e. The fourth-order valence-electron chi connectivity index (χ4n) is 0.701. The van der Waals surface area contributed by atoms with Crippen LogP contribution in [0.2, 0.25) is 5.02 Å². The third-order valence-corrected chi connectivity index (χ3v) is 1.60. The smallest absolute Gasteiger partial charge is 0.101 e. The van der Waals surface area contributed by atoms with Crippen LogP contribution in [0.4, 0.5) is 0 Å². The van der Waals surface area contributed by atoms with E-state index in [1.54, 1.807) is 0 Å². The Hall–Kier alpha value is -0.530. The molecule has 0 amide bonds. The van der Waals surface area contributed by atoms with Crippen molar-refractivity contribution in [3.8, 4) is 0 Å². The highest BCUT2D eigenvalue weighted by atomic mass is 35.5. The molecule has 2 heteroatoms. The number of halogens is 1. The lowest BCUT2D eigenvalue weighted by Gasteiger charge is -1.94. The van der Waals surface area contributed by atoms with Gasteiger partial charge in [-0.15, -0.1) is 0 Å². The van der Waals surface area contributed by atoms with Crippen molar-refractivity contribution < 1.29 is 5.73 Å². The summed E-state index contributed by atoms with van der Waals surface area (Å²) in [4.78, 5) is 0. The quantitative estimate of drug-likeness (QED) is 0.608. The van der Waals surface area contributed by atoms with E-state index in [-0.39, 0.29) is 0 Å². The summed E-state index contributed by atoms with van der Waals surface area (Å²) >= 11 is 5.78. The standard InChI is InChI=1S/C7H8ClN/c8-7-4-2-1-3-6(7)5-9/h1-4H,5,9H2/p+1. The first-order valence-electron chi connectivity index (χ1n) is 2.87. The summed E-state index contributed by atoms with van der Waals surface area (Å²) < 4.78 is 0. The summed E-state index contributed by atoms with van der Waals surface area (Å²) in [5, 5.41) is 0.813. The molecule has 3 N–H and O–H groups in total. The van der Waals surface area contributed by atoms with Gasteiger partial charge in [-0.05, 0) is 6.07 Å². The highest BCUT2D eigenvalue weighted by molar-refractivity contribution is 6.31. The molecule has 9 heavy (non-hydrogen) atoms. The van der Waals surface area contributed by atoms with E-state index in [4.69, 9.17) is 11.6 Å². The van der Waals surface area contributed by atoms with Crippen LogP contribution in [0.3, 0.4) is 0 Å². The molecule has 0 unspecified atom stereocenters. The zero-order valence-corrected chi connectivity index (χ0v) is 5.86. The van der Waals surface area contributed by atoms with Crippen LogP contribution >= 0.6 is 11.6 Å². The predicted molar refractivity (Wildman–Crippen MR) is 38.0 cm³/mol. The van der Waals surface area contributed by atoms with Crippen molar-refractivity contribution in [3.05, 3.63) is 34.9 Å². The second-order valence-electron chi connectivity index (χ2n) is 1.84. The summed E-state index contributed by atoms with van der Waals surface area (Å²) in [7, 11) is 0. The van der Waals surface area contributed by atoms with Crippen molar-refractivity contribution in [2.45, 2.75) is 6.54 Å². The van der Waals surface area contributed by atoms with E-state index in [9.17, 15) is 0 Å². The molecular weight excluding hydrogens is 134 g/mol. The Labute approximate surface area is 59.4 Å². The molecule has 1 aromatic carbocycles. The molecule has 0 aliphatic rings. The van der Waals surface area contributed by atoms with Gasteiger partial charge in [0.15, 0.2) is 0 Å². The molecule has 1 aromatic rings. The average molecular weight is 143 g/mol. The van der Waals surface area contributed by atoms with E-state index in [0.29, 0.717) is 0 Å². The topological polar surface area (TPSA) is 27.6 Å². The molecule has 0 aromatic heterocycles. The van der Waals surface area contributed by atoms with Gasteiger partial charge in [-0.25, -0.2) is 0 Å². The van der Waals surface area contributed by atoms with Crippen LogP contribution in [-0.2, 0) is 6.54 Å². The molecule has 1 rings (SSSR count). The molecule has 0 radical (unpaired) electrons. The van der Waals surface area contributed by atoms with Crippen LogP contribution in [0.15, 0.2) is 24.3 Å². The molecule has 0 saturated heterocycles. The Kier molecular flexibility index (Phi) is 2.09. The Morgan fingerprint density at radius 2 is 2.00 bits per heavy atom. The molecule has 0 aliphatic carbocycles. The highest BCUT2D eigenvalue weighted by Crippen LogP contribution is 2.12. The number of rotatable bonds is 1. The van der Waals surface area contributed by atoms with Gasteiger partial charge in [-0.2, -0.15) is 0 Å². The SMILES string of the molecule is [NH3+]Cc1ccccc1Cl. The molecule has 0 saturated carbocycles. The summed E-state index contributed by atoms with van der Waals surface area (Å²) in [6, 6.07) is 7.74. The normalized spacial score (nSPS) is 9.56. The minimum atomic E-state index is 0.764. The number of quaternary nitrogens is 1. The first-order chi connectivity index (χ1) is 4.34. The lowest BCUT2D eigenvalue weighted by molar-refractivity contribution is -0.386. The van der Waals surface area contributed by atoms with Gasteiger partial charge in [0.1, 0.15) is 6.54 Å². The van der Waals surface area contributed by atoms with Gasteiger partial charge in [0.05, 0.1) is 0 Å². The van der Waals surface area contributed by atoms with Crippen molar-refractivity contribution in [1.82, 2.24) is 0 Å². The van der Waals surface area contributed by atoms with Crippen molar-refractivity contribution in [2.75, 3.05) is 0 Å². The second-order valence-corrected chi connectivity index (χ2v) is 2.25. The zero-order chi connectivity index (χ0) is 6.69. The maximum absolute atomic E-state index is 5.78. The second kappa shape index (κ2) is 2.85. The van der Waals surface area contributed by atoms with Crippen LogP contribution in [0, 0.1) is 0 Å². The average Bonchev–Trinajstić information content (AvgIpc) is 1.89. The summed E-state index contributed by atoms with van der Waals surface area (Å²) in [6.45, 7) is 0.764. The van der Waals surface area contributed by atoms with Gasteiger partial charge in [-0.1, -0.05) is 29.8 Å². The first kappa shape index (κ1) is 6.59. The maximum atomic E-state index is 5.78. The molecule has 0 spiro atoms. The summed E-state index contributed by atoms with van der Waals surface area (Å²) in [6.07, 6.45) is 0. The van der Waals surface area contributed by atoms with Gasteiger partial charge in [0, 0.05) is 10.6 Å². The zero-order valence-electron chi connectivity index (χ0n) is 5.10. The van der Waals surface area contributed by atoms with Crippen molar-refractivity contribution in [3.63, 3.8) is 0 Å². The van der Waals surface area contributed by atoms with Gasteiger partial charge in [-0.3, -0.25) is 0 Å². The van der Waals surface area contributed by atoms with Crippen LogP contribution in [0.5, 0.6) is 0 Å². The number of hydrogen-bond donors (Lipinski definition) is 1. The molecule has 0 heterocycles. The van der Waals surface area contributed by atoms with E-state index in [1.807, 2.05) is 24.3 Å². The lowest BCUT2D eigenvalue weighted by atomic mass is 10.2. The Bertz CT molecular complexity index is 198. The van der Waals surface area contributed by atoms with E-state index in [0.717, 1.165) is 17.1 Å². The first-order valence-corrected chi connectivity index (χ1v) is 3.25.